The number of sulfonamides is 1. The summed E-state index contributed by atoms with van der Waals surface area (Å²) in [6, 6.07) is 3.09. The van der Waals surface area contributed by atoms with Gasteiger partial charge >= 0.3 is 0 Å². The number of anilines is 1. The summed E-state index contributed by atoms with van der Waals surface area (Å²) < 4.78 is 24.1. The fourth-order valence-electron chi connectivity index (χ4n) is 1.19. The van der Waals surface area contributed by atoms with E-state index in [0.29, 0.717) is 11.4 Å². The number of aromatic nitrogens is 1. The van der Waals surface area contributed by atoms with Crippen LogP contribution in [0, 0.1) is 0 Å². The van der Waals surface area contributed by atoms with Gasteiger partial charge in [0.05, 0.1) is 11.3 Å². The summed E-state index contributed by atoms with van der Waals surface area (Å²) in [5, 5.41) is 2.51. The van der Waals surface area contributed by atoms with E-state index in [-0.39, 0.29) is 18.2 Å². The van der Waals surface area contributed by atoms with Crippen molar-refractivity contribution in [2.45, 2.75) is 0 Å². The van der Waals surface area contributed by atoms with E-state index in [0.717, 1.165) is 4.31 Å². The normalized spacial score (nSPS) is 11.4. The summed E-state index contributed by atoms with van der Waals surface area (Å²) in [5.74, 6) is 5.05. The molecule has 0 atom stereocenters. The van der Waals surface area contributed by atoms with Gasteiger partial charge in [-0.15, -0.1) is 0 Å². The smallest absolute Gasteiger partial charge is 0.252 e. The lowest BCUT2D eigenvalue weighted by Crippen LogP contribution is -2.33. The highest BCUT2D eigenvalue weighted by Crippen LogP contribution is 2.03. The van der Waals surface area contributed by atoms with Crippen LogP contribution in [-0.4, -0.2) is 50.0 Å². The van der Waals surface area contributed by atoms with E-state index in [2.05, 4.69) is 15.7 Å². The second-order valence-electron chi connectivity index (χ2n) is 3.93. The molecule has 8 nitrogen and oxygen atoms in total. The minimum Gasteiger partial charge on any atom is -0.351 e. The van der Waals surface area contributed by atoms with Gasteiger partial charge < -0.3 is 10.7 Å². The summed E-state index contributed by atoms with van der Waals surface area (Å²) in [5.41, 5.74) is 2.68. The number of carbonyl (C=O) groups excluding carboxylic acids is 1. The van der Waals surface area contributed by atoms with Crippen molar-refractivity contribution in [3.05, 3.63) is 23.9 Å². The molecule has 1 heterocycles. The van der Waals surface area contributed by atoms with Crippen LogP contribution in [0.1, 0.15) is 10.4 Å². The topological polar surface area (TPSA) is 117 Å². The predicted octanol–water partition coefficient (Wildman–Crippen LogP) is -1.01. The first-order valence-electron chi connectivity index (χ1n) is 5.48. The SMILES string of the molecule is CN(C)S(=O)(=O)CCNC(=O)c1ccc(NN)nc1. The molecule has 1 aromatic heterocycles. The summed E-state index contributed by atoms with van der Waals surface area (Å²) in [7, 11) is -0.422. The molecule has 0 radical (unpaired) electrons. The average molecular weight is 287 g/mol. The van der Waals surface area contributed by atoms with Crippen molar-refractivity contribution in [2.24, 2.45) is 5.84 Å². The van der Waals surface area contributed by atoms with Gasteiger partial charge in [-0.05, 0) is 12.1 Å². The Morgan fingerprint density at radius 3 is 2.58 bits per heavy atom. The zero-order valence-corrected chi connectivity index (χ0v) is 11.6. The first-order chi connectivity index (χ1) is 8.86. The Kier molecular flexibility index (Phi) is 5.21. The summed E-state index contributed by atoms with van der Waals surface area (Å²) in [6.07, 6.45) is 1.35. The van der Waals surface area contributed by atoms with Crippen molar-refractivity contribution in [2.75, 3.05) is 31.8 Å². The van der Waals surface area contributed by atoms with Crippen molar-refractivity contribution >= 4 is 21.7 Å². The quantitative estimate of drug-likeness (QED) is 0.456. The lowest BCUT2D eigenvalue weighted by atomic mass is 10.2. The molecule has 1 amide bonds. The number of carbonyl (C=O) groups is 1. The Bertz CT molecular complexity index is 527. The van der Waals surface area contributed by atoms with Gasteiger partial charge in [-0.3, -0.25) is 4.79 Å². The van der Waals surface area contributed by atoms with Crippen LogP contribution in [0.25, 0.3) is 0 Å². The molecule has 0 aliphatic rings. The molecule has 0 aliphatic carbocycles. The number of hydrogen-bond acceptors (Lipinski definition) is 6. The molecule has 0 aromatic carbocycles. The molecule has 1 aromatic rings. The van der Waals surface area contributed by atoms with Gasteiger partial charge in [0, 0.05) is 26.8 Å². The maximum Gasteiger partial charge on any atom is 0.252 e. The highest BCUT2D eigenvalue weighted by atomic mass is 32.2. The first kappa shape index (κ1) is 15.3. The Morgan fingerprint density at radius 1 is 1.42 bits per heavy atom. The molecular formula is C10H17N5O3S. The third-order valence-electron chi connectivity index (χ3n) is 2.38. The molecule has 1 rings (SSSR count). The predicted molar refractivity (Wildman–Crippen MR) is 71.9 cm³/mol. The van der Waals surface area contributed by atoms with E-state index in [4.69, 9.17) is 5.84 Å². The van der Waals surface area contributed by atoms with Gasteiger partial charge in [0.15, 0.2) is 0 Å². The number of nitrogens with two attached hydrogens (primary N) is 1. The van der Waals surface area contributed by atoms with Gasteiger partial charge in [-0.25, -0.2) is 23.5 Å². The van der Waals surface area contributed by atoms with E-state index in [1.807, 2.05) is 0 Å². The Morgan fingerprint density at radius 2 is 2.11 bits per heavy atom. The lowest BCUT2D eigenvalue weighted by molar-refractivity contribution is 0.0955. The van der Waals surface area contributed by atoms with E-state index in [1.165, 1.54) is 26.4 Å². The molecule has 0 saturated heterocycles. The number of hydrazine groups is 1. The van der Waals surface area contributed by atoms with Gasteiger partial charge in [0.2, 0.25) is 10.0 Å². The molecule has 0 bridgehead atoms. The zero-order chi connectivity index (χ0) is 14.5. The second kappa shape index (κ2) is 6.45. The van der Waals surface area contributed by atoms with Crippen molar-refractivity contribution in [1.82, 2.24) is 14.6 Å². The van der Waals surface area contributed by atoms with Crippen LogP contribution in [0.5, 0.6) is 0 Å². The number of rotatable bonds is 6. The largest absolute Gasteiger partial charge is 0.351 e. The summed E-state index contributed by atoms with van der Waals surface area (Å²) >= 11 is 0. The fraction of sp³-hybridized carbons (Fsp3) is 0.400. The third-order valence-corrected chi connectivity index (χ3v) is 4.21. The molecule has 9 heteroatoms. The summed E-state index contributed by atoms with van der Waals surface area (Å²) in [4.78, 5) is 15.6. The van der Waals surface area contributed by atoms with Crippen molar-refractivity contribution in [3.63, 3.8) is 0 Å². The molecule has 0 unspecified atom stereocenters. The van der Waals surface area contributed by atoms with Crippen molar-refractivity contribution in [1.29, 1.82) is 0 Å². The zero-order valence-electron chi connectivity index (χ0n) is 10.8. The van der Waals surface area contributed by atoms with Crippen LogP contribution >= 0.6 is 0 Å². The number of nitrogens with zero attached hydrogens (tertiary/aromatic N) is 2. The monoisotopic (exact) mass is 287 g/mol. The van der Waals surface area contributed by atoms with Crippen molar-refractivity contribution in [3.8, 4) is 0 Å². The molecule has 0 aliphatic heterocycles. The maximum absolute atomic E-state index is 11.7. The van der Waals surface area contributed by atoms with Crippen LogP contribution in [0.15, 0.2) is 18.3 Å². The lowest BCUT2D eigenvalue weighted by Gasteiger charge is -2.11. The minimum absolute atomic E-state index is 0.0379. The van der Waals surface area contributed by atoms with Gasteiger partial charge in [0.25, 0.3) is 5.91 Å². The third kappa shape index (κ3) is 4.47. The Hall–Kier alpha value is -1.71. The highest BCUT2D eigenvalue weighted by Gasteiger charge is 2.14. The molecule has 0 fully saturated rings. The fourth-order valence-corrected chi connectivity index (χ4v) is 1.92. The number of nitrogens with one attached hydrogen (secondary N) is 2. The number of nitrogen functional groups attached to an aromatic ring is 1. The molecule has 0 spiro atoms. The molecule has 19 heavy (non-hydrogen) atoms. The summed E-state index contributed by atoms with van der Waals surface area (Å²) in [6.45, 7) is 0.0379. The maximum atomic E-state index is 11.7. The number of amides is 1. The number of pyridine rings is 1. The van der Waals surface area contributed by atoms with Crippen LogP contribution in [0.2, 0.25) is 0 Å². The van der Waals surface area contributed by atoms with Gasteiger partial charge in [-0.2, -0.15) is 0 Å². The number of hydrogen-bond donors (Lipinski definition) is 3. The van der Waals surface area contributed by atoms with Crippen LogP contribution in [-0.2, 0) is 10.0 Å². The highest BCUT2D eigenvalue weighted by molar-refractivity contribution is 7.89. The Balaban J connectivity index is 2.52. The van der Waals surface area contributed by atoms with Crippen LogP contribution in [0.3, 0.4) is 0 Å². The van der Waals surface area contributed by atoms with E-state index < -0.39 is 10.0 Å². The molecule has 0 saturated carbocycles. The van der Waals surface area contributed by atoms with Gasteiger partial charge in [0.1, 0.15) is 5.82 Å². The molecule has 106 valence electrons. The average Bonchev–Trinajstić information content (AvgIpc) is 2.38. The van der Waals surface area contributed by atoms with E-state index >= 15 is 0 Å². The minimum atomic E-state index is -3.31. The second-order valence-corrected chi connectivity index (χ2v) is 6.23. The van der Waals surface area contributed by atoms with E-state index in [1.54, 1.807) is 6.07 Å². The van der Waals surface area contributed by atoms with Gasteiger partial charge in [-0.1, -0.05) is 0 Å². The van der Waals surface area contributed by atoms with Crippen LogP contribution in [0.4, 0.5) is 5.82 Å². The van der Waals surface area contributed by atoms with Crippen molar-refractivity contribution < 1.29 is 13.2 Å². The Labute approximate surface area is 112 Å². The standard InChI is InChI=1S/C10H17N5O3S/c1-15(2)19(17,18)6-5-12-10(16)8-3-4-9(14-11)13-7-8/h3-4,7H,5-6,11H2,1-2H3,(H,12,16)(H,13,14). The first-order valence-corrected chi connectivity index (χ1v) is 7.09. The molecule has 4 N–H and O–H groups in total. The molecular weight excluding hydrogens is 270 g/mol. The van der Waals surface area contributed by atoms with Crippen LogP contribution < -0.4 is 16.6 Å². The van der Waals surface area contributed by atoms with E-state index in [9.17, 15) is 13.2 Å².